The molecule has 144 valence electrons. The molecule has 5 nitrogen and oxygen atoms in total. The van der Waals surface area contributed by atoms with E-state index in [9.17, 15) is 9.59 Å². The SMILES string of the molecule is CC[C@@H](C(=O)NC)N(Cc1cccc(C)c1)C(=O)COc1ccc(C)cc1. The van der Waals surface area contributed by atoms with Crippen LogP contribution in [0.25, 0.3) is 0 Å². The molecule has 0 aromatic heterocycles. The monoisotopic (exact) mass is 368 g/mol. The van der Waals surface area contributed by atoms with E-state index in [1.54, 1.807) is 11.9 Å². The summed E-state index contributed by atoms with van der Waals surface area (Å²) in [6, 6.07) is 15.0. The zero-order chi connectivity index (χ0) is 19.8. The lowest BCUT2D eigenvalue weighted by molar-refractivity contribution is -0.142. The zero-order valence-corrected chi connectivity index (χ0v) is 16.5. The Hall–Kier alpha value is -2.82. The lowest BCUT2D eigenvalue weighted by atomic mass is 10.1. The summed E-state index contributed by atoms with van der Waals surface area (Å²) in [7, 11) is 1.59. The highest BCUT2D eigenvalue weighted by Crippen LogP contribution is 2.15. The quantitative estimate of drug-likeness (QED) is 0.778. The van der Waals surface area contributed by atoms with Crippen LogP contribution in [0.3, 0.4) is 0 Å². The van der Waals surface area contributed by atoms with Gasteiger partial charge in [-0.1, -0.05) is 54.4 Å². The second kappa shape index (κ2) is 9.76. The van der Waals surface area contributed by atoms with Gasteiger partial charge in [0.2, 0.25) is 5.91 Å². The normalized spacial score (nSPS) is 11.6. The van der Waals surface area contributed by atoms with E-state index in [-0.39, 0.29) is 18.4 Å². The Balaban J connectivity index is 2.17. The average Bonchev–Trinajstić information content (AvgIpc) is 2.67. The summed E-state index contributed by atoms with van der Waals surface area (Å²) in [6.07, 6.45) is 0.530. The molecule has 0 radical (unpaired) electrons. The summed E-state index contributed by atoms with van der Waals surface area (Å²) in [5, 5.41) is 2.65. The van der Waals surface area contributed by atoms with Gasteiger partial charge < -0.3 is 15.0 Å². The summed E-state index contributed by atoms with van der Waals surface area (Å²) in [5.41, 5.74) is 3.23. The zero-order valence-electron chi connectivity index (χ0n) is 16.5. The van der Waals surface area contributed by atoms with Crippen LogP contribution < -0.4 is 10.1 Å². The number of rotatable bonds is 8. The molecule has 27 heavy (non-hydrogen) atoms. The van der Waals surface area contributed by atoms with Crippen LogP contribution in [0.2, 0.25) is 0 Å². The molecule has 1 N–H and O–H groups in total. The molecule has 0 saturated heterocycles. The number of carbonyl (C=O) groups is 2. The Bertz CT molecular complexity index is 771. The average molecular weight is 368 g/mol. The van der Waals surface area contributed by atoms with E-state index in [4.69, 9.17) is 4.74 Å². The van der Waals surface area contributed by atoms with E-state index in [1.165, 1.54) is 0 Å². The molecule has 0 fully saturated rings. The number of likely N-dealkylation sites (N-methyl/N-ethyl adjacent to an activating group) is 1. The Morgan fingerprint density at radius 2 is 1.78 bits per heavy atom. The van der Waals surface area contributed by atoms with Gasteiger partial charge in [-0.15, -0.1) is 0 Å². The standard InChI is InChI=1S/C22H28N2O3/c1-5-20(22(26)23-4)24(14-18-8-6-7-17(3)13-18)21(25)15-27-19-11-9-16(2)10-12-19/h6-13,20H,5,14-15H2,1-4H3,(H,23,26)/t20-/m0/s1. The molecular weight excluding hydrogens is 340 g/mol. The van der Waals surface area contributed by atoms with Gasteiger partial charge >= 0.3 is 0 Å². The van der Waals surface area contributed by atoms with Crippen molar-refractivity contribution in [2.24, 2.45) is 0 Å². The number of nitrogens with zero attached hydrogens (tertiary/aromatic N) is 1. The van der Waals surface area contributed by atoms with Gasteiger partial charge in [-0.2, -0.15) is 0 Å². The molecule has 0 spiro atoms. The molecule has 2 rings (SSSR count). The first kappa shape index (κ1) is 20.5. The van der Waals surface area contributed by atoms with Gasteiger partial charge in [-0.3, -0.25) is 9.59 Å². The summed E-state index contributed by atoms with van der Waals surface area (Å²) in [4.78, 5) is 26.8. The minimum atomic E-state index is -0.537. The maximum Gasteiger partial charge on any atom is 0.261 e. The number of nitrogens with one attached hydrogen (secondary N) is 1. The van der Waals surface area contributed by atoms with E-state index in [1.807, 2.05) is 69.3 Å². The first-order chi connectivity index (χ1) is 12.9. The molecule has 0 heterocycles. The van der Waals surface area contributed by atoms with Crippen molar-refractivity contribution in [3.63, 3.8) is 0 Å². The van der Waals surface area contributed by atoms with E-state index in [2.05, 4.69) is 5.32 Å². The first-order valence-corrected chi connectivity index (χ1v) is 9.20. The van der Waals surface area contributed by atoms with Crippen molar-refractivity contribution in [2.45, 2.75) is 39.8 Å². The van der Waals surface area contributed by atoms with E-state index < -0.39 is 6.04 Å². The van der Waals surface area contributed by atoms with Crippen molar-refractivity contribution in [1.29, 1.82) is 0 Å². The fourth-order valence-corrected chi connectivity index (χ4v) is 2.96. The number of ether oxygens (including phenoxy) is 1. The van der Waals surface area contributed by atoms with E-state index >= 15 is 0 Å². The van der Waals surface area contributed by atoms with Crippen LogP contribution in [0.15, 0.2) is 48.5 Å². The molecule has 0 bridgehead atoms. The van der Waals surface area contributed by atoms with E-state index in [0.29, 0.717) is 18.7 Å². The van der Waals surface area contributed by atoms with Crippen LogP contribution in [0.1, 0.15) is 30.0 Å². The van der Waals surface area contributed by atoms with Crippen LogP contribution in [-0.2, 0) is 16.1 Å². The Morgan fingerprint density at radius 1 is 1.07 bits per heavy atom. The van der Waals surface area contributed by atoms with Gasteiger partial charge in [0.1, 0.15) is 11.8 Å². The third kappa shape index (κ3) is 5.84. The molecule has 2 amide bonds. The maximum atomic E-state index is 12.9. The number of aryl methyl sites for hydroxylation is 2. The molecule has 2 aromatic rings. The van der Waals surface area contributed by atoms with Gasteiger partial charge in [0.25, 0.3) is 5.91 Å². The highest BCUT2D eigenvalue weighted by molar-refractivity contribution is 5.88. The molecule has 0 aliphatic heterocycles. The fraction of sp³-hybridized carbons (Fsp3) is 0.364. The number of hydrogen-bond donors (Lipinski definition) is 1. The van der Waals surface area contributed by atoms with Crippen LogP contribution in [0.4, 0.5) is 0 Å². The molecule has 5 heteroatoms. The molecule has 1 atom stereocenters. The molecule has 0 aliphatic carbocycles. The number of amides is 2. The van der Waals surface area contributed by atoms with Crippen molar-refractivity contribution in [1.82, 2.24) is 10.2 Å². The van der Waals surface area contributed by atoms with Gasteiger partial charge in [0, 0.05) is 13.6 Å². The van der Waals surface area contributed by atoms with Gasteiger partial charge in [0.15, 0.2) is 6.61 Å². The fourth-order valence-electron chi connectivity index (χ4n) is 2.96. The largest absolute Gasteiger partial charge is 0.484 e. The summed E-state index contributed by atoms with van der Waals surface area (Å²) >= 11 is 0. The van der Waals surface area contributed by atoms with Crippen molar-refractivity contribution in [3.05, 3.63) is 65.2 Å². The van der Waals surface area contributed by atoms with Gasteiger partial charge in [-0.25, -0.2) is 0 Å². The molecule has 0 saturated carbocycles. The van der Waals surface area contributed by atoms with Gasteiger partial charge in [-0.05, 0) is 38.0 Å². The van der Waals surface area contributed by atoms with Crippen molar-refractivity contribution in [3.8, 4) is 5.75 Å². The second-order valence-electron chi connectivity index (χ2n) is 6.65. The van der Waals surface area contributed by atoms with Crippen LogP contribution >= 0.6 is 0 Å². The van der Waals surface area contributed by atoms with Gasteiger partial charge in [0.05, 0.1) is 0 Å². The third-order valence-corrected chi connectivity index (χ3v) is 4.45. The lowest BCUT2D eigenvalue weighted by Crippen LogP contribution is -2.49. The summed E-state index contributed by atoms with van der Waals surface area (Å²) in [6.45, 7) is 6.16. The molecular formula is C22H28N2O3. The summed E-state index contributed by atoms with van der Waals surface area (Å²) in [5.74, 6) is 0.249. The molecule has 2 aromatic carbocycles. The smallest absolute Gasteiger partial charge is 0.261 e. The third-order valence-electron chi connectivity index (χ3n) is 4.45. The highest BCUT2D eigenvalue weighted by atomic mass is 16.5. The van der Waals surface area contributed by atoms with Crippen molar-refractivity contribution in [2.75, 3.05) is 13.7 Å². The minimum absolute atomic E-state index is 0.109. The minimum Gasteiger partial charge on any atom is -0.484 e. The maximum absolute atomic E-state index is 12.9. The van der Waals surface area contributed by atoms with E-state index in [0.717, 1.165) is 16.7 Å². The number of benzene rings is 2. The summed E-state index contributed by atoms with van der Waals surface area (Å²) < 4.78 is 5.65. The number of carbonyl (C=O) groups excluding carboxylic acids is 2. The second-order valence-corrected chi connectivity index (χ2v) is 6.65. The predicted octanol–water partition coefficient (Wildman–Crippen LogP) is 3.24. The van der Waals surface area contributed by atoms with Crippen molar-refractivity contribution >= 4 is 11.8 Å². The Kier molecular flexibility index (Phi) is 7.41. The van der Waals surface area contributed by atoms with Crippen LogP contribution in [0.5, 0.6) is 5.75 Å². The van der Waals surface area contributed by atoms with Crippen molar-refractivity contribution < 1.29 is 14.3 Å². The highest BCUT2D eigenvalue weighted by Gasteiger charge is 2.28. The first-order valence-electron chi connectivity index (χ1n) is 9.20. The molecule has 0 aliphatic rings. The topological polar surface area (TPSA) is 58.6 Å². The Morgan fingerprint density at radius 3 is 2.37 bits per heavy atom. The Labute approximate surface area is 161 Å². The number of hydrogen-bond acceptors (Lipinski definition) is 3. The van der Waals surface area contributed by atoms with Crippen LogP contribution in [-0.4, -0.2) is 36.4 Å². The van der Waals surface area contributed by atoms with Crippen LogP contribution in [0, 0.1) is 13.8 Å². The lowest BCUT2D eigenvalue weighted by Gasteiger charge is -2.30. The molecule has 0 unspecified atom stereocenters. The predicted molar refractivity (Wildman–Crippen MR) is 107 cm³/mol.